The van der Waals surface area contributed by atoms with E-state index in [1.807, 2.05) is 36.4 Å². The molecule has 133 valence electrons. The average molecular weight is 338 g/mol. The molecule has 1 aliphatic heterocycles. The third-order valence-electron chi connectivity index (χ3n) is 4.62. The lowest BCUT2D eigenvalue weighted by molar-refractivity contribution is 0.170. The number of ether oxygens (including phenoxy) is 2. The lowest BCUT2D eigenvalue weighted by atomic mass is 10.1. The zero-order valence-corrected chi connectivity index (χ0v) is 15.1. The van der Waals surface area contributed by atoms with Gasteiger partial charge in [0.25, 0.3) is 0 Å². The molecule has 0 atom stereocenters. The summed E-state index contributed by atoms with van der Waals surface area (Å²) < 4.78 is 11.9. The molecule has 1 radical (unpaired) electrons. The van der Waals surface area contributed by atoms with Crippen LogP contribution < -0.4 is 14.4 Å². The SMILES string of the molecule is CCCCCOc1ccc(OC2CCN(c3[c]cccc3)CC2)cc1. The van der Waals surface area contributed by atoms with Crippen LogP contribution in [0.5, 0.6) is 11.5 Å². The fraction of sp³-hybridized carbons (Fsp3) is 0.455. The molecular weight excluding hydrogens is 310 g/mol. The Morgan fingerprint density at radius 2 is 1.76 bits per heavy atom. The van der Waals surface area contributed by atoms with Crippen molar-refractivity contribution in [3.05, 3.63) is 54.6 Å². The summed E-state index contributed by atoms with van der Waals surface area (Å²) in [6.07, 6.45) is 5.93. The first-order chi connectivity index (χ1) is 12.3. The summed E-state index contributed by atoms with van der Waals surface area (Å²) in [5.41, 5.74) is 1.19. The van der Waals surface area contributed by atoms with Crippen molar-refractivity contribution in [2.45, 2.75) is 45.1 Å². The summed E-state index contributed by atoms with van der Waals surface area (Å²) >= 11 is 0. The minimum Gasteiger partial charge on any atom is -0.494 e. The molecule has 1 aliphatic rings. The van der Waals surface area contributed by atoms with E-state index in [2.05, 4.69) is 30.0 Å². The summed E-state index contributed by atoms with van der Waals surface area (Å²) in [6.45, 7) is 5.03. The number of hydrogen-bond donors (Lipinski definition) is 0. The molecule has 0 aromatic heterocycles. The number of nitrogens with zero attached hydrogens (tertiary/aromatic N) is 1. The van der Waals surface area contributed by atoms with Crippen LogP contribution in [-0.2, 0) is 0 Å². The second-order valence-electron chi connectivity index (χ2n) is 6.58. The van der Waals surface area contributed by atoms with Gasteiger partial charge >= 0.3 is 0 Å². The fourth-order valence-electron chi connectivity index (χ4n) is 3.14. The van der Waals surface area contributed by atoms with Crippen LogP contribution >= 0.6 is 0 Å². The number of unbranched alkanes of at least 4 members (excludes halogenated alkanes) is 2. The summed E-state index contributed by atoms with van der Waals surface area (Å²) in [5.74, 6) is 1.86. The van der Waals surface area contributed by atoms with Gasteiger partial charge in [-0.2, -0.15) is 0 Å². The Labute approximate surface area is 151 Å². The normalized spacial score (nSPS) is 15.2. The van der Waals surface area contributed by atoms with Crippen LogP contribution in [0.1, 0.15) is 39.0 Å². The lowest BCUT2D eigenvalue weighted by Crippen LogP contribution is -2.38. The highest BCUT2D eigenvalue weighted by Crippen LogP contribution is 2.24. The molecule has 1 fully saturated rings. The van der Waals surface area contributed by atoms with Gasteiger partial charge in [0.2, 0.25) is 0 Å². The number of anilines is 1. The molecule has 0 N–H and O–H groups in total. The maximum atomic E-state index is 6.15. The van der Waals surface area contributed by atoms with E-state index in [0.29, 0.717) is 0 Å². The second-order valence-corrected chi connectivity index (χ2v) is 6.58. The summed E-state index contributed by atoms with van der Waals surface area (Å²) in [5, 5.41) is 0. The third-order valence-corrected chi connectivity index (χ3v) is 4.62. The van der Waals surface area contributed by atoms with Gasteiger partial charge in [-0.25, -0.2) is 0 Å². The van der Waals surface area contributed by atoms with Crippen LogP contribution in [0.25, 0.3) is 0 Å². The highest BCUT2D eigenvalue weighted by Gasteiger charge is 2.20. The van der Waals surface area contributed by atoms with Crippen molar-refractivity contribution in [1.29, 1.82) is 0 Å². The van der Waals surface area contributed by atoms with E-state index in [-0.39, 0.29) is 6.10 Å². The van der Waals surface area contributed by atoms with Gasteiger partial charge in [0.05, 0.1) is 6.61 Å². The van der Waals surface area contributed by atoms with Crippen LogP contribution in [0, 0.1) is 6.07 Å². The van der Waals surface area contributed by atoms with E-state index in [9.17, 15) is 0 Å². The quantitative estimate of drug-likeness (QED) is 0.625. The van der Waals surface area contributed by atoms with E-state index >= 15 is 0 Å². The Kier molecular flexibility index (Phi) is 6.61. The second kappa shape index (κ2) is 9.36. The first kappa shape index (κ1) is 17.7. The van der Waals surface area contributed by atoms with E-state index in [1.165, 1.54) is 18.5 Å². The van der Waals surface area contributed by atoms with Gasteiger partial charge in [0.1, 0.15) is 17.6 Å². The van der Waals surface area contributed by atoms with Crippen LogP contribution in [-0.4, -0.2) is 25.8 Å². The molecule has 3 heteroatoms. The number of benzene rings is 2. The van der Waals surface area contributed by atoms with Gasteiger partial charge < -0.3 is 14.4 Å². The van der Waals surface area contributed by atoms with E-state index in [0.717, 1.165) is 50.5 Å². The van der Waals surface area contributed by atoms with E-state index < -0.39 is 0 Å². The Morgan fingerprint density at radius 3 is 2.44 bits per heavy atom. The van der Waals surface area contributed by atoms with Crippen LogP contribution in [0.3, 0.4) is 0 Å². The first-order valence-electron chi connectivity index (χ1n) is 9.46. The molecule has 1 saturated heterocycles. The minimum absolute atomic E-state index is 0.288. The number of rotatable bonds is 8. The van der Waals surface area contributed by atoms with Crippen LogP contribution in [0.2, 0.25) is 0 Å². The average Bonchev–Trinajstić information content (AvgIpc) is 2.68. The van der Waals surface area contributed by atoms with Crippen molar-refractivity contribution >= 4 is 5.69 Å². The Hall–Kier alpha value is -2.16. The van der Waals surface area contributed by atoms with Gasteiger partial charge in [-0.05, 0) is 36.8 Å². The number of hydrogen-bond acceptors (Lipinski definition) is 3. The maximum absolute atomic E-state index is 6.15. The number of piperidine rings is 1. The fourth-order valence-corrected chi connectivity index (χ4v) is 3.14. The van der Waals surface area contributed by atoms with Crippen molar-refractivity contribution in [2.24, 2.45) is 0 Å². The molecule has 3 nitrogen and oxygen atoms in total. The zero-order chi connectivity index (χ0) is 17.3. The molecule has 25 heavy (non-hydrogen) atoms. The molecule has 3 rings (SSSR count). The molecule has 0 spiro atoms. The zero-order valence-electron chi connectivity index (χ0n) is 15.1. The van der Waals surface area contributed by atoms with Crippen molar-refractivity contribution < 1.29 is 9.47 Å². The van der Waals surface area contributed by atoms with Crippen LogP contribution in [0.4, 0.5) is 5.69 Å². The van der Waals surface area contributed by atoms with E-state index in [4.69, 9.17) is 9.47 Å². The third kappa shape index (κ3) is 5.42. The Bertz CT molecular complexity index is 604. The monoisotopic (exact) mass is 338 g/mol. The molecule has 2 aromatic carbocycles. The Balaban J connectivity index is 1.43. The van der Waals surface area contributed by atoms with Crippen molar-refractivity contribution in [3.8, 4) is 11.5 Å². The van der Waals surface area contributed by atoms with Gasteiger partial charge in [0, 0.05) is 37.7 Å². The molecule has 0 aliphatic carbocycles. The summed E-state index contributed by atoms with van der Waals surface area (Å²) in [7, 11) is 0. The van der Waals surface area contributed by atoms with Gasteiger partial charge in [-0.3, -0.25) is 0 Å². The lowest BCUT2D eigenvalue weighted by Gasteiger charge is -2.33. The van der Waals surface area contributed by atoms with Crippen LogP contribution in [0.15, 0.2) is 48.5 Å². The molecular formula is C22H28NO2. The van der Waals surface area contributed by atoms with Gasteiger partial charge in [-0.15, -0.1) is 0 Å². The smallest absolute Gasteiger partial charge is 0.119 e. The highest BCUT2D eigenvalue weighted by atomic mass is 16.5. The highest BCUT2D eigenvalue weighted by molar-refractivity contribution is 5.45. The van der Waals surface area contributed by atoms with E-state index in [1.54, 1.807) is 0 Å². The molecule has 2 aromatic rings. The summed E-state index contributed by atoms with van der Waals surface area (Å²) in [4.78, 5) is 2.38. The summed E-state index contributed by atoms with van der Waals surface area (Å²) in [6, 6.07) is 19.5. The first-order valence-corrected chi connectivity index (χ1v) is 9.46. The largest absolute Gasteiger partial charge is 0.494 e. The predicted molar refractivity (Wildman–Crippen MR) is 103 cm³/mol. The van der Waals surface area contributed by atoms with Gasteiger partial charge in [-0.1, -0.05) is 38.0 Å². The van der Waals surface area contributed by atoms with Crippen molar-refractivity contribution in [2.75, 3.05) is 24.6 Å². The van der Waals surface area contributed by atoms with Crippen molar-refractivity contribution in [1.82, 2.24) is 0 Å². The van der Waals surface area contributed by atoms with Gasteiger partial charge in [0.15, 0.2) is 0 Å². The topological polar surface area (TPSA) is 21.7 Å². The molecule has 0 unspecified atom stereocenters. The Morgan fingerprint density at radius 1 is 1.00 bits per heavy atom. The molecule has 0 bridgehead atoms. The van der Waals surface area contributed by atoms with Crippen molar-refractivity contribution in [3.63, 3.8) is 0 Å². The molecule has 0 amide bonds. The molecule has 0 saturated carbocycles. The minimum atomic E-state index is 0.288. The molecule has 1 heterocycles. The maximum Gasteiger partial charge on any atom is 0.119 e. The standard InChI is InChI=1S/C22H28NO2/c1-2-3-7-18-24-20-10-12-21(13-11-20)25-22-14-16-23(17-15-22)19-8-5-4-6-9-19/h4-6,8,10-13,22H,2-3,7,14-18H2,1H3. The number of para-hydroxylation sites is 1. The predicted octanol–water partition coefficient (Wildman–Crippen LogP) is 5.10.